The first-order valence-corrected chi connectivity index (χ1v) is 20.5. The number of anilines is 1. The van der Waals surface area contributed by atoms with Crippen LogP contribution in [0.15, 0.2) is 104 Å². The van der Waals surface area contributed by atoms with E-state index in [1.54, 1.807) is 6.92 Å². The predicted molar refractivity (Wildman–Crippen MR) is 208 cm³/mol. The van der Waals surface area contributed by atoms with E-state index in [0.717, 1.165) is 16.7 Å². The Kier molecular flexibility index (Phi) is 14.2. The molecule has 4 N–H and O–H groups in total. The maximum Gasteiger partial charge on any atom is 0.434 e. The Bertz CT molecular complexity index is 2070. The summed E-state index contributed by atoms with van der Waals surface area (Å²) in [6.45, 7) is 1.50. The Labute approximate surface area is 335 Å². The van der Waals surface area contributed by atoms with E-state index in [1.807, 2.05) is 91.0 Å². The lowest BCUT2D eigenvalue weighted by Gasteiger charge is -2.45. The van der Waals surface area contributed by atoms with Gasteiger partial charge in [0.15, 0.2) is 29.5 Å². The summed E-state index contributed by atoms with van der Waals surface area (Å²) in [6, 6.07) is 29.1. The summed E-state index contributed by atoms with van der Waals surface area (Å²) in [5.74, 6) is 0.00179. The SMILES string of the molecule is CCOP(=O)(Nc1ncnc2c1ncn2[C@@H]1O[C@H](CO)[C@@H](O)[C@H]1O)OC[C@H]1O[C@H](OC)[C@H](OCc2ccccc2)[C@@H](OCc2ccccc2)[C@@H]1OCc1ccccc1. The quantitative estimate of drug-likeness (QED) is 0.0864. The molecule has 58 heavy (non-hydrogen) atoms. The van der Waals surface area contributed by atoms with Gasteiger partial charge in [-0.05, 0) is 23.6 Å². The van der Waals surface area contributed by atoms with Crippen LogP contribution in [0.5, 0.6) is 0 Å². The molecule has 310 valence electrons. The van der Waals surface area contributed by atoms with Crippen LogP contribution in [0, 0.1) is 0 Å². The topological polar surface area (TPSA) is 207 Å². The second-order valence-corrected chi connectivity index (χ2v) is 15.4. The van der Waals surface area contributed by atoms with Crippen molar-refractivity contribution in [3.8, 4) is 0 Å². The van der Waals surface area contributed by atoms with Crippen molar-refractivity contribution in [3.05, 3.63) is 120 Å². The summed E-state index contributed by atoms with van der Waals surface area (Å²) >= 11 is 0. The molecule has 5 aromatic rings. The molecule has 0 bridgehead atoms. The summed E-state index contributed by atoms with van der Waals surface area (Å²) in [7, 11) is -2.73. The highest BCUT2D eigenvalue weighted by molar-refractivity contribution is 7.55. The number of ether oxygens (including phenoxy) is 6. The van der Waals surface area contributed by atoms with Gasteiger partial charge in [-0.25, -0.2) is 19.5 Å². The molecule has 0 amide bonds. The fraction of sp³-hybridized carbons (Fsp3) is 0.425. The minimum Gasteiger partial charge on any atom is -0.394 e. The number of aliphatic hydroxyl groups excluding tert-OH is 3. The van der Waals surface area contributed by atoms with Crippen LogP contribution < -0.4 is 5.09 Å². The minimum absolute atomic E-state index is 0.00179. The van der Waals surface area contributed by atoms with Gasteiger partial charge >= 0.3 is 7.75 Å². The van der Waals surface area contributed by atoms with Gasteiger partial charge in [0.1, 0.15) is 49.1 Å². The van der Waals surface area contributed by atoms with Crippen LogP contribution in [0.2, 0.25) is 0 Å². The predicted octanol–water partition coefficient (Wildman–Crippen LogP) is 4.14. The number of rotatable bonds is 19. The molecule has 4 heterocycles. The van der Waals surface area contributed by atoms with Crippen LogP contribution >= 0.6 is 7.75 Å². The largest absolute Gasteiger partial charge is 0.434 e. The number of imidazole rings is 1. The van der Waals surface area contributed by atoms with Gasteiger partial charge in [0.25, 0.3) is 0 Å². The third kappa shape index (κ3) is 9.80. The molecule has 0 radical (unpaired) electrons. The Morgan fingerprint density at radius 3 is 1.88 bits per heavy atom. The molecule has 0 saturated carbocycles. The molecule has 7 rings (SSSR count). The third-order valence-electron chi connectivity index (χ3n) is 9.78. The van der Waals surface area contributed by atoms with Crippen molar-refractivity contribution in [3.63, 3.8) is 0 Å². The molecule has 2 aliphatic rings. The smallest absolute Gasteiger partial charge is 0.394 e. The van der Waals surface area contributed by atoms with E-state index in [4.69, 9.17) is 37.5 Å². The van der Waals surface area contributed by atoms with E-state index in [2.05, 4.69) is 20.0 Å². The highest BCUT2D eigenvalue weighted by Crippen LogP contribution is 2.49. The lowest BCUT2D eigenvalue weighted by Crippen LogP contribution is -2.61. The van der Waals surface area contributed by atoms with Crippen molar-refractivity contribution >= 4 is 24.7 Å². The maximum absolute atomic E-state index is 14.5. The number of nitrogens with one attached hydrogen (secondary N) is 1. The fourth-order valence-corrected chi connectivity index (χ4v) is 8.18. The zero-order valence-corrected chi connectivity index (χ0v) is 32.9. The zero-order valence-electron chi connectivity index (χ0n) is 32.0. The lowest BCUT2D eigenvalue weighted by atomic mass is 9.98. The Balaban J connectivity index is 1.16. The molecule has 2 fully saturated rings. The van der Waals surface area contributed by atoms with Crippen molar-refractivity contribution < 1.29 is 57.4 Å². The number of methoxy groups -OCH3 is 1. The van der Waals surface area contributed by atoms with Gasteiger partial charge in [0.2, 0.25) is 0 Å². The van der Waals surface area contributed by atoms with Crippen molar-refractivity contribution in [2.75, 3.05) is 32.0 Å². The van der Waals surface area contributed by atoms with Crippen LogP contribution in [0.4, 0.5) is 5.82 Å². The van der Waals surface area contributed by atoms with Gasteiger partial charge < -0.3 is 43.7 Å². The molecule has 0 aliphatic carbocycles. The van der Waals surface area contributed by atoms with E-state index in [1.165, 1.54) is 24.3 Å². The second kappa shape index (κ2) is 19.7. The monoisotopic (exact) mass is 821 g/mol. The van der Waals surface area contributed by atoms with Crippen LogP contribution in [0.3, 0.4) is 0 Å². The highest BCUT2D eigenvalue weighted by atomic mass is 31.2. The third-order valence-corrected chi connectivity index (χ3v) is 11.4. The summed E-state index contributed by atoms with van der Waals surface area (Å²) in [6.07, 6.45) is -6.54. The van der Waals surface area contributed by atoms with E-state index >= 15 is 0 Å². The van der Waals surface area contributed by atoms with E-state index < -0.39 is 69.6 Å². The van der Waals surface area contributed by atoms with Gasteiger partial charge in [0, 0.05) is 7.11 Å². The number of fused-ring (bicyclic) bond motifs is 1. The van der Waals surface area contributed by atoms with Gasteiger partial charge in [-0.15, -0.1) is 0 Å². The molecule has 2 aliphatic heterocycles. The molecule has 2 saturated heterocycles. The molecule has 10 atom stereocenters. The van der Waals surface area contributed by atoms with Crippen LogP contribution in [0.25, 0.3) is 11.2 Å². The lowest BCUT2D eigenvalue weighted by molar-refractivity contribution is -0.320. The van der Waals surface area contributed by atoms with Gasteiger partial charge in [-0.3, -0.25) is 18.7 Å². The summed E-state index contributed by atoms with van der Waals surface area (Å²) < 4.78 is 65.6. The summed E-state index contributed by atoms with van der Waals surface area (Å²) in [5, 5.41) is 33.4. The molecular formula is C40H48N5O12P. The van der Waals surface area contributed by atoms with Crippen molar-refractivity contribution in [2.24, 2.45) is 0 Å². The second-order valence-electron chi connectivity index (χ2n) is 13.7. The maximum atomic E-state index is 14.5. The zero-order chi connectivity index (χ0) is 40.5. The van der Waals surface area contributed by atoms with E-state index in [-0.39, 0.29) is 50.0 Å². The minimum atomic E-state index is -4.24. The summed E-state index contributed by atoms with van der Waals surface area (Å²) in [4.78, 5) is 12.9. The Morgan fingerprint density at radius 2 is 1.33 bits per heavy atom. The molecule has 3 aromatic carbocycles. The number of aliphatic hydroxyl groups is 3. The van der Waals surface area contributed by atoms with E-state index in [0.29, 0.717) is 0 Å². The number of aromatic nitrogens is 4. The number of nitrogens with zero attached hydrogens (tertiary/aromatic N) is 4. The number of hydrogen-bond acceptors (Lipinski definition) is 15. The molecule has 2 aromatic heterocycles. The van der Waals surface area contributed by atoms with Crippen molar-refractivity contribution in [1.29, 1.82) is 0 Å². The first-order valence-electron chi connectivity index (χ1n) is 18.9. The van der Waals surface area contributed by atoms with Crippen LogP contribution in [-0.4, -0.2) is 111 Å². The standard InChI is InChI=1S/C40H48N5O12P/c1-3-54-58(49,44-37-31-38(42-24-41-37)45(25-43-31)39-33(48)32(47)29(19-46)56-39)55-23-30-34(51-20-26-13-7-4-8-14-26)35(52-21-27-15-9-5-10-16-27)36(40(50-2)57-30)53-22-28-17-11-6-12-18-28/h4-18,24-25,29-30,32-36,39-40,46-48H,3,19-23H2,1-2H3,(H,41,42,44,49)/t29-,30-,32-,33-,34-,35+,36-,39-,40+,58?/m1/s1. The molecule has 0 spiro atoms. The molecule has 1 unspecified atom stereocenters. The average Bonchev–Trinajstić information content (AvgIpc) is 3.81. The van der Waals surface area contributed by atoms with Crippen LogP contribution in [0.1, 0.15) is 29.8 Å². The normalized spacial score (nSPS) is 27.1. The average molecular weight is 822 g/mol. The van der Waals surface area contributed by atoms with Crippen LogP contribution in [-0.2, 0) is 61.9 Å². The Morgan fingerprint density at radius 1 is 0.741 bits per heavy atom. The van der Waals surface area contributed by atoms with Gasteiger partial charge in [-0.1, -0.05) is 91.0 Å². The summed E-state index contributed by atoms with van der Waals surface area (Å²) in [5.41, 5.74) is 3.11. The van der Waals surface area contributed by atoms with Gasteiger partial charge in [-0.2, -0.15) is 0 Å². The first kappa shape index (κ1) is 41.9. The molecule has 17 nitrogen and oxygen atoms in total. The number of hydrogen-bond donors (Lipinski definition) is 4. The molecule has 18 heteroatoms. The van der Waals surface area contributed by atoms with E-state index in [9.17, 15) is 19.9 Å². The van der Waals surface area contributed by atoms with Crippen molar-refractivity contribution in [2.45, 2.75) is 82.0 Å². The molecular weight excluding hydrogens is 773 g/mol. The van der Waals surface area contributed by atoms with Gasteiger partial charge in [0.05, 0.1) is 46.0 Å². The number of benzene rings is 3. The Hall–Kier alpha value is -4.20. The van der Waals surface area contributed by atoms with Crippen molar-refractivity contribution in [1.82, 2.24) is 19.5 Å². The first-order chi connectivity index (χ1) is 28.3. The fourth-order valence-electron chi connectivity index (χ4n) is 6.87. The highest BCUT2D eigenvalue weighted by Gasteiger charge is 2.50.